The topological polar surface area (TPSA) is 3.88 Å². The van der Waals surface area contributed by atoms with Gasteiger partial charge in [0.15, 0.2) is 6.20 Å². The predicted molar refractivity (Wildman–Crippen MR) is 132 cm³/mol. The first kappa shape index (κ1) is 16.7. The van der Waals surface area contributed by atoms with Crippen LogP contribution in [0.1, 0.15) is 54.1 Å². The first-order chi connectivity index (χ1) is 15.8. The van der Waals surface area contributed by atoms with Crippen LogP contribution in [0.25, 0.3) is 33.2 Å². The third-order valence-electron chi connectivity index (χ3n) is 7.86. The molecule has 5 rings (SSSR count). The highest BCUT2D eigenvalue weighted by molar-refractivity contribution is 5.92. The van der Waals surface area contributed by atoms with E-state index >= 15 is 0 Å². The van der Waals surface area contributed by atoms with Crippen LogP contribution in [0.15, 0.2) is 66.9 Å². The van der Waals surface area contributed by atoms with E-state index in [0.29, 0.717) is 5.56 Å². The second-order valence-corrected chi connectivity index (χ2v) is 10.1. The summed E-state index contributed by atoms with van der Waals surface area (Å²) in [6, 6.07) is 21.7. The Morgan fingerprint density at radius 3 is 2.00 bits per heavy atom. The minimum Gasteiger partial charge on any atom is -0.201 e. The lowest BCUT2D eigenvalue weighted by atomic mass is 9.55. The molecule has 0 N–H and O–H groups in total. The minimum absolute atomic E-state index is 0.0702. The van der Waals surface area contributed by atoms with Gasteiger partial charge in [0, 0.05) is 21.3 Å². The number of aromatic nitrogens is 1. The van der Waals surface area contributed by atoms with Crippen LogP contribution in [0.5, 0.6) is 0 Å². The lowest BCUT2D eigenvalue weighted by Gasteiger charge is -2.48. The molecule has 0 saturated carbocycles. The van der Waals surface area contributed by atoms with Crippen LogP contribution in [0.3, 0.4) is 0 Å². The average molecular weight is 410 g/mol. The van der Waals surface area contributed by atoms with Crippen LogP contribution in [0, 0.1) is 13.8 Å². The Morgan fingerprint density at radius 2 is 1.35 bits per heavy atom. The van der Waals surface area contributed by atoms with Crippen LogP contribution < -0.4 is 4.57 Å². The summed E-state index contributed by atoms with van der Waals surface area (Å²) < 4.78 is 25.2. The van der Waals surface area contributed by atoms with Crippen molar-refractivity contribution in [3.63, 3.8) is 0 Å². The molecule has 1 nitrogen and oxygen atoms in total. The van der Waals surface area contributed by atoms with Crippen molar-refractivity contribution in [1.82, 2.24) is 0 Å². The summed E-state index contributed by atoms with van der Waals surface area (Å²) in [4.78, 5) is 0. The molecule has 0 atom stereocenters. The summed E-state index contributed by atoms with van der Waals surface area (Å²) in [6.07, 6.45) is 1.73. The highest BCUT2D eigenvalue weighted by Gasteiger charge is 2.46. The van der Waals surface area contributed by atoms with Crippen LogP contribution in [-0.4, -0.2) is 0 Å². The molecule has 1 aliphatic carbocycles. The summed E-state index contributed by atoms with van der Waals surface area (Å²) in [5.41, 5.74) is 8.88. The molecule has 0 fully saturated rings. The third-order valence-corrected chi connectivity index (χ3v) is 7.86. The van der Waals surface area contributed by atoms with E-state index in [-0.39, 0.29) is 10.8 Å². The quantitative estimate of drug-likeness (QED) is 0.293. The van der Waals surface area contributed by atoms with Gasteiger partial charge in [0.2, 0.25) is 5.69 Å². The summed E-state index contributed by atoms with van der Waals surface area (Å²) in [7, 11) is 1.93. The Hall–Kier alpha value is -2.93. The highest BCUT2D eigenvalue weighted by atomic mass is 14.9. The van der Waals surface area contributed by atoms with Crippen molar-refractivity contribution >= 4 is 10.8 Å². The molecule has 4 aromatic rings. The second-order valence-electron chi connectivity index (χ2n) is 10.1. The molecule has 1 heterocycles. The zero-order valence-corrected chi connectivity index (χ0v) is 19.3. The Bertz CT molecular complexity index is 1460. The van der Waals surface area contributed by atoms with Crippen molar-refractivity contribution in [2.24, 2.45) is 7.05 Å². The van der Waals surface area contributed by atoms with Crippen LogP contribution >= 0.6 is 0 Å². The Morgan fingerprint density at radius 1 is 0.742 bits per heavy atom. The fraction of sp³-hybridized carbons (Fsp3) is 0.300. The Kier molecular flexibility index (Phi) is 3.52. The first-order valence-corrected chi connectivity index (χ1v) is 11.0. The molecule has 31 heavy (non-hydrogen) atoms. The van der Waals surface area contributed by atoms with Gasteiger partial charge in [-0.1, -0.05) is 58.0 Å². The largest absolute Gasteiger partial charge is 0.212 e. The SMILES string of the molecule is [2H]C([2H])([2H])c1ccc(-c2cc3c(cc2C)-c2cc4ccccc4cc2C(C)(C)C3(C)C)[n+](C)c1. The molecule has 0 saturated heterocycles. The van der Waals surface area contributed by atoms with Gasteiger partial charge in [-0.25, -0.2) is 4.57 Å². The number of benzene rings is 3. The lowest BCUT2D eigenvalue weighted by molar-refractivity contribution is -0.660. The molecule has 0 spiro atoms. The van der Waals surface area contributed by atoms with E-state index in [1.807, 2.05) is 17.7 Å². The minimum atomic E-state index is -2.11. The van der Waals surface area contributed by atoms with E-state index in [1.165, 1.54) is 38.6 Å². The molecule has 1 aliphatic rings. The Balaban J connectivity index is 1.78. The van der Waals surface area contributed by atoms with Gasteiger partial charge in [-0.2, -0.15) is 0 Å². The standard InChI is InChI=1S/C30H32N/c1-19-12-13-28(31(7)18-19)23-17-27-24(14-20(23)2)25-15-21-10-8-9-11-22(21)16-26(25)29(3,4)30(27,5)6/h8-18H,1-7H3/q+1/i1D3. The van der Waals surface area contributed by atoms with Crippen molar-refractivity contribution in [2.45, 2.75) is 52.3 Å². The molecule has 1 heteroatoms. The van der Waals surface area contributed by atoms with Crippen molar-refractivity contribution in [2.75, 3.05) is 0 Å². The van der Waals surface area contributed by atoms with Gasteiger partial charge in [0.05, 0.1) is 0 Å². The van der Waals surface area contributed by atoms with E-state index in [9.17, 15) is 0 Å². The number of nitrogens with zero attached hydrogens (tertiary/aromatic N) is 1. The number of pyridine rings is 1. The normalized spacial score (nSPS) is 17.9. The van der Waals surface area contributed by atoms with Crippen molar-refractivity contribution in [3.05, 3.63) is 89.1 Å². The van der Waals surface area contributed by atoms with Crippen molar-refractivity contribution in [3.8, 4) is 22.4 Å². The van der Waals surface area contributed by atoms with E-state index < -0.39 is 6.85 Å². The molecule has 0 aliphatic heterocycles. The van der Waals surface area contributed by atoms with Gasteiger partial charge in [-0.05, 0) is 87.5 Å². The lowest BCUT2D eigenvalue weighted by Crippen LogP contribution is -2.43. The fourth-order valence-corrected chi connectivity index (χ4v) is 5.26. The third kappa shape index (κ3) is 2.79. The molecule has 0 bridgehead atoms. The maximum Gasteiger partial charge on any atom is 0.212 e. The molecule has 1 aromatic heterocycles. The number of aryl methyl sites for hydroxylation is 3. The zero-order chi connectivity index (χ0) is 24.6. The van der Waals surface area contributed by atoms with Crippen molar-refractivity contribution in [1.29, 1.82) is 0 Å². The van der Waals surface area contributed by atoms with Gasteiger partial charge in [0.25, 0.3) is 0 Å². The Labute approximate surface area is 190 Å². The van der Waals surface area contributed by atoms with Gasteiger partial charge >= 0.3 is 0 Å². The number of hydrogen-bond donors (Lipinski definition) is 0. The first-order valence-electron chi connectivity index (χ1n) is 12.5. The van der Waals surface area contributed by atoms with Crippen LogP contribution in [0.2, 0.25) is 0 Å². The second kappa shape index (κ2) is 6.53. The van der Waals surface area contributed by atoms with Crippen LogP contribution in [0.4, 0.5) is 0 Å². The van der Waals surface area contributed by atoms with E-state index in [0.717, 1.165) is 11.3 Å². The van der Waals surface area contributed by atoms with Crippen LogP contribution in [-0.2, 0) is 17.9 Å². The molecule has 156 valence electrons. The zero-order valence-electron chi connectivity index (χ0n) is 22.3. The molecular weight excluding hydrogens is 374 g/mol. The maximum atomic E-state index is 7.75. The maximum absolute atomic E-state index is 7.75. The molecule has 0 amide bonds. The summed E-state index contributed by atoms with van der Waals surface area (Å²) in [5, 5.41) is 2.54. The summed E-state index contributed by atoms with van der Waals surface area (Å²) in [5.74, 6) is 0. The van der Waals surface area contributed by atoms with E-state index in [2.05, 4.69) is 83.1 Å². The monoisotopic (exact) mass is 409 g/mol. The number of rotatable bonds is 1. The molecule has 3 aromatic carbocycles. The van der Waals surface area contributed by atoms with E-state index in [4.69, 9.17) is 4.11 Å². The number of hydrogen-bond acceptors (Lipinski definition) is 0. The van der Waals surface area contributed by atoms with Gasteiger partial charge < -0.3 is 0 Å². The fourth-order valence-electron chi connectivity index (χ4n) is 5.26. The van der Waals surface area contributed by atoms with E-state index in [1.54, 1.807) is 12.3 Å². The molecule has 0 radical (unpaired) electrons. The van der Waals surface area contributed by atoms with Crippen molar-refractivity contribution < 1.29 is 8.68 Å². The molecular formula is C30H32N+. The van der Waals surface area contributed by atoms with Gasteiger partial charge in [0.1, 0.15) is 7.05 Å². The smallest absolute Gasteiger partial charge is 0.201 e. The van der Waals surface area contributed by atoms with Gasteiger partial charge in [-0.3, -0.25) is 0 Å². The predicted octanol–water partition coefficient (Wildman–Crippen LogP) is 7.18. The highest BCUT2D eigenvalue weighted by Crippen LogP contribution is 2.55. The summed E-state index contributed by atoms with van der Waals surface area (Å²) in [6.45, 7) is 9.45. The number of fused-ring (bicyclic) bond motifs is 4. The summed E-state index contributed by atoms with van der Waals surface area (Å²) >= 11 is 0. The molecule has 0 unspecified atom stereocenters. The van der Waals surface area contributed by atoms with Gasteiger partial charge in [-0.15, -0.1) is 0 Å². The average Bonchev–Trinajstić information content (AvgIpc) is 2.76.